The van der Waals surface area contributed by atoms with Crippen molar-refractivity contribution < 1.29 is 0 Å². The molecule has 2 heterocycles. The summed E-state index contributed by atoms with van der Waals surface area (Å²) in [6.07, 6.45) is 0. The Morgan fingerprint density at radius 2 is 0.500 bits per heavy atom. The molecule has 9 heteroatoms. The quantitative estimate of drug-likeness (QED) is 0.128. The zero-order chi connectivity index (χ0) is 44.1. The number of hydrogen-bond acceptors (Lipinski definition) is 6. The Labute approximate surface area is 387 Å². The lowest BCUT2D eigenvalue weighted by molar-refractivity contribution is 1.07. The van der Waals surface area contributed by atoms with E-state index in [2.05, 4.69) is 214 Å². The Morgan fingerprint density at radius 1 is 0.227 bits per heavy atom. The second-order valence-electron chi connectivity index (χ2n) is 16.4. The topological polar surface area (TPSA) is 48.4 Å². The van der Waals surface area contributed by atoms with Crippen LogP contribution in [0.5, 0.6) is 0 Å². The molecule has 9 aromatic carbocycles. The van der Waals surface area contributed by atoms with Crippen LogP contribution in [0.25, 0.3) is 45.3 Å². The summed E-state index contributed by atoms with van der Waals surface area (Å²) < 4.78 is 7.80. The second-order valence-corrected chi connectivity index (χ2v) is 16.4. The van der Waals surface area contributed by atoms with Crippen LogP contribution in [0.2, 0.25) is 0 Å². The molecule has 1 aliphatic heterocycles. The summed E-state index contributed by atoms with van der Waals surface area (Å²) in [7, 11) is 0. The van der Waals surface area contributed by atoms with Crippen molar-refractivity contribution in [2.75, 3.05) is 14.2 Å². The molecule has 1 saturated heterocycles. The second kappa shape index (κ2) is 18.4. The van der Waals surface area contributed by atoms with Crippen molar-refractivity contribution in [2.45, 2.75) is 0 Å². The monoisotopic (exact) mass is 844 g/mol. The molecular formula is C57H43B3N6. The molecule has 0 aliphatic carbocycles. The van der Waals surface area contributed by atoms with Gasteiger partial charge in [0.05, 0.1) is 0 Å². The highest BCUT2D eigenvalue weighted by Crippen LogP contribution is 2.35. The highest BCUT2D eigenvalue weighted by molar-refractivity contribution is 7.14. The van der Waals surface area contributed by atoms with Gasteiger partial charge in [0, 0.05) is 33.8 Å². The summed E-state index contributed by atoms with van der Waals surface area (Å²) in [6.45, 7) is -0.724. The normalized spacial score (nSPS) is 12.7. The first-order chi connectivity index (χ1) is 32.8. The largest absolute Gasteiger partial charge is 0.416 e. The van der Waals surface area contributed by atoms with Crippen LogP contribution in [-0.4, -0.2) is 35.9 Å². The van der Waals surface area contributed by atoms with Crippen molar-refractivity contribution in [3.05, 3.63) is 261 Å². The van der Waals surface area contributed by atoms with E-state index in [0.717, 1.165) is 50.3 Å². The maximum absolute atomic E-state index is 5.08. The highest BCUT2D eigenvalue weighted by atomic mass is 15.3. The van der Waals surface area contributed by atoms with Gasteiger partial charge in [0.1, 0.15) is 0 Å². The van der Waals surface area contributed by atoms with Gasteiger partial charge in [0.2, 0.25) is 0 Å². The lowest BCUT2D eigenvalue weighted by atomic mass is 9.37. The molecule has 0 N–H and O–H groups in total. The van der Waals surface area contributed by atoms with Crippen molar-refractivity contribution in [1.29, 1.82) is 0 Å². The van der Waals surface area contributed by atoms with Crippen LogP contribution in [0, 0.1) is 0 Å². The van der Waals surface area contributed by atoms with Crippen LogP contribution < -0.4 is 30.6 Å². The molecule has 11 rings (SSSR count). The molecule has 6 nitrogen and oxygen atoms in total. The Bertz CT molecular complexity index is 3020. The third-order valence-corrected chi connectivity index (χ3v) is 12.3. The van der Waals surface area contributed by atoms with Gasteiger partial charge >= 0.3 is 20.9 Å². The summed E-state index contributed by atoms with van der Waals surface area (Å²) in [5.74, 6) is 1.89. The number of nitrogens with zero attached hydrogens (tertiary/aromatic N) is 6. The first-order valence-corrected chi connectivity index (χ1v) is 22.4. The van der Waals surface area contributed by atoms with E-state index in [-0.39, 0.29) is 20.9 Å². The van der Waals surface area contributed by atoms with E-state index in [9.17, 15) is 0 Å². The van der Waals surface area contributed by atoms with Crippen LogP contribution >= 0.6 is 0 Å². The van der Waals surface area contributed by atoms with Crippen LogP contribution in [0.3, 0.4) is 0 Å². The zero-order valence-corrected chi connectivity index (χ0v) is 36.2. The third kappa shape index (κ3) is 8.03. The minimum Gasteiger partial charge on any atom is -0.416 e. The molecule has 1 aliphatic rings. The number of benzene rings is 9. The van der Waals surface area contributed by atoms with Crippen LogP contribution in [-0.2, 0) is 0 Å². The minimum atomic E-state index is -0.279. The number of hydrogen-bond donors (Lipinski definition) is 0. The molecule has 0 spiro atoms. The van der Waals surface area contributed by atoms with Crippen LogP contribution in [0.4, 0.5) is 17.1 Å². The van der Waals surface area contributed by atoms with Crippen LogP contribution in [0.1, 0.15) is 0 Å². The van der Waals surface area contributed by atoms with Gasteiger partial charge in [-0.1, -0.05) is 218 Å². The van der Waals surface area contributed by atoms with Gasteiger partial charge in [0.15, 0.2) is 17.5 Å². The number of anilines is 3. The fraction of sp³-hybridized carbons (Fsp3) is 0. The van der Waals surface area contributed by atoms with Gasteiger partial charge in [-0.05, 0) is 70.0 Å². The molecule has 66 heavy (non-hydrogen) atoms. The molecule has 0 amide bonds. The molecular weight excluding hydrogens is 801 g/mol. The maximum Gasteiger partial charge on any atom is 0.388 e. The van der Waals surface area contributed by atoms with E-state index in [1.54, 1.807) is 0 Å². The summed E-state index contributed by atoms with van der Waals surface area (Å²) in [5, 5.41) is 0. The molecule has 0 radical (unpaired) electrons. The average Bonchev–Trinajstić information content (AvgIpc) is 3.41. The van der Waals surface area contributed by atoms with Gasteiger partial charge in [-0.2, -0.15) is 0 Å². The fourth-order valence-electron chi connectivity index (χ4n) is 9.32. The average molecular weight is 844 g/mol. The van der Waals surface area contributed by atoms with E-state index in [4.69, 9.17) is 15.0 Å². The predicted molar refractivity (Wildman–Crippen MR) is 277 cm³/mol. The molecule has 0 atom stereocenters. The molecule has 0 saturated carbocycles. The van der Waals surface area contributed by atoms with Crippen molar-refractivity contribution in [3.63, 3.8) is 0 Å². The van der Waals surface area contributed by atoms with Gasteiger partial charge < -0.3 is 14.2 Å². The lowest BCUT2D eigenvalue weighted by Crippen LogP contribution is -2.86. The predicted octanol–water partition coefficient (Wildman–Crippen LogP) is 10.6. The first kappa shape index (κ1) is 40.4. The van der Waals surface area contributed by atoms with Crippen molar-refractivity contribution in [1.82, 2.24) is 15.0 Å². The fourth-order valence-corrected chi connectivity index (χ4v) is 9.32. The standard InChI is InChI=1S/C57H43B3N6/c1-8-24-44(25-9-1)55-61-56(45-26-10-2-11-27-45)63-57(62-55)48-30-22-28-46(42-48)47-29-23-35-51(43-47)60-65(53-38-18-6-19-39-53)58(49-31-12-3-13-32-49)64(52-36-16-5-17-37-52)59(50-33-14-4-15-34-50)66(60)54-40-20-7-21-41-54/h1-43H. The molecule has 10 aromatic rings. The Balaban J connectivity index is 1.11. The van der Waals surface area contributed by atoms with E-state index >= 15 is 0 Å². The molecule has 0 bridgehead atoms. The van der Waals surface area contributed by atoms with Crippen molar-refractivity contribution in [2.24, 2.45) is 0 Å². The molecule has 1 aromatic heterocycles. The summed E-state index contributed by atoms with van der Waals surface area (Å²) in [6, 6.07) is 92.4. The lowest BCUT2D eigenvalue weighted by Gasteiger charge is -2.57. The smallest absolute Gasteiger partial charge is 0.388 e. The van der Waals surface area contributed by atoms with Gasteiger partial charge in [-0.3, -0.25) is 0 Å². The zero-order valence-electron chi connectivity index (χ0n) is 36.2. The SMILES string of the molecule is c1ccc(B2N(c3ccccc3)B(c3ccccc3)N(c3ccccc3)B(c3cccc(-c4cccc(-c5nc(-c6ccccc6)nc(-c6ccccc6)n5)c4)c3)N2c2ccccc2)cc1. The van der Waals surface area contributed by atoms with Crippen molar-refractivity contribution in [3.8, 4) is 45.3 Å². The van der Waals surface area contributed by atoms with Gasteiger partial charge in [-0.15, -0.1) is 0 Å². The Hall–Kier alpha value is -8.42. The van der Waals surface area contributed by atoms with Gasteiger partial charge in [-0.25, -0.2) is 15.0 Å². The third-order valence-electron chi connectivity index (χ3n) is 12.3. The molecule has 0 unspecified atom stereocenters. The number of aromatic nitrogens is 3. The number of para-hydroxylation sites is 3. The summed E-state index contributed by atoms with van der Waals surface area (Å²) >= 11 is 0. The minimum absolute atomic E-state index is 0.223. The van der Waals surface area contributed by atoms with Crippen molar-refractivity contribution >= 4 is 54.4 Å². The molecule has 310 valence electrons. The number of rotatable bonds is 10. The van der Waals surface area contributed by atoms with E-state index in [1.807, 2.05) is 60.7 Å². The maximum atomic E-state index is 5.08. The Morgan fingerprint density at radius 3 is 0.909 bits per heavy atom. The van der Waals surface area contributed by atoms with E-state index < -0.39 is 0 Å². The van der Waals surface area contributed by atoms with E-state index in [0.29, 0.717) is 17.5 Å². The van der Waals surface area contributed by atoms with Gasteiger partial charge in [0.25, 0.3) is 0 Å². The van der Waals surface area contributed by atoms with E-state index in [1.165, 1.54) is 10.9 Å². The molecule has 1 fully saturated rings. The summed E-state index contributed by atoms with van der Waals surface area (Å²) in [5.41, 5.74) is 11.8. The summed E-state index contributed by atoms with van der Waals surface area (Å²) in [4.78, 5) is 15.1. The highest BCUT2D eigenvalue weighted by Gasteiger charge is 2.55. The Kier molecular flexibility index (Phi) is 11.2. The first-order valence-electron chi connectivity index (χ1n) is 22.4. The van der Waals surface area contributed by atoms with Crippen LogP contribution in [0.15, 0.2) is 261 Å².